The SMILES string of the molecule is COc1ccc(C2C(C(=O)c3ccco3)=C(O)C(=O)N2c2cccc(OC(F)(F)F)c2)cc1. The highest BCUT2D eigenvalue weighted by Crippen LogP contribution is 2.43. The number of hydrogen-bond donors (Lipinski definition) is 1. The van der Waals surface area contributed by atoms with Crippen LogP contribution in [0.4, 0.5) is 18.9 Å². The van der Waals surface area contributed by atoms with Gasteiger partial charge in [-0.05, 0) is 42.0 Å². The Bertz CT molecular complexity index is 1220. The van der Waals surface area contributed by atoms with E-state index >= 15 is 0 Å². The summed E-state index contributed by atoms with van der Waals surface area (Å²) < 4.78 is 52.4. The Hall–Kier alpha value is -4.21. The van der Waals surface area contributed by atoms with Crippen molar-refractivity contribution in [1.29, 1.82) is 0 Å². The van der Waals surface area contributed by atoms with Gasteiger partial charge >= 0.3 is 6.36 Å². The van der Waals surface area contributed by atoms with Crippen LogP contribution in [0, 0.1) is 0 Å². The maximum Gasteiger partial charge on any atom is 0.573 e. The fraction of sp³-hybridized carbons (Fsp3) is 0.130. The van der Waals surface area contributed by atoms with Gasteiger partial charge in [0.25, 0.3) is 5.91 Å². The highest BCUT2D eigenvalue weighted by Gasteiger charge is 2.45. The summed E-state index contributed by atoms with van der Waals surface area (Å²) in [7, 11) is 1.46. The normalized spacial score (nSPS) is 16.3. The number of nitrogens with zero attached hydrogens (tertiary/aromatic N) is 1. The fourth-order valence-electron chi connectivity index (χ4n) is 3.58. The molecular weight excluding hydrogens is 443 g/mol. The van der Waals surface area contributed by atoms with E-state index in [1.807, 2.05) is 0 Å². The number of carbonyl (C=O) groups is 2. The molecule has 2 aromatic carbocycles. The molecule has 170 valence electrons. The number of benzene rings is 2. The molecule has 0 bridgehead atoms. The van der Waals surface area contributed by atoms with Crippen molar-refractivity contribution in [2.24, 2.45) is 0 Å². The first-order valence-electron chi connectivity index (χ1n) is 9.54. The average Bonchev–Trinajstić information content (AvgIpc) is 3.40. The number of carbonyl (C=O) groups excluding carboxylic acids is 2. The summed E-state index contributed by atoms with van der Waals surface area (Å²) in [4.78, 5) is 27.2. The van der Waals surface area contributed by atoms with Crippen LogP contribution in [0.25, 0.3) is 0 Å². The maximum atomic E-state index is 13.1. The lowest BCUT2D eigenvalue weighted by Gasteiger charge is -2.27. The number of rotatable bonds is 6. The number of anilines is 1. The first-order chi connectivity index (χ1) is 15.7. The van der Waals surface area contributed by atoms with Crippen molar-refractivity contribution >= 4 is 17.4 Å². The van der Waals surface area contributed by atoms with Crippen LogP contribution in [-0.4, -0.2) is 30.3 Å². The molecule has 1 aromatic heterocycles. The predicted octanol–water partition coefficient (Wildman–Crippen LogP) is 4.97. The summed E-state index contributed by atoms with van der Waals surface area (Å²) >= 11 is 0. The van der Waals surface area contributed by atoms with Crippen LogP contribution in [0.2, 0.25) is 0 Å². The molecule has 1 unspecified atom stereocenters. The highest BCUT2D eigenvalue weighted by atomic mass is 19.4. The van der Waals surface area contributed by atoms with Crippen LogP contribution in [0.1, 0.15) is 22.2 Å². The Morgan fingerprint density at radius 1 is 1.06 bits per heavy atom. The zero-order valence-electron chi connectivity index (χ0n) is 17.0. The quantitative estimate of drug-likeness (QED) is 0.524. The number of hydrogen-bond acceptors (Lipinski definition) is 6. The monoisotopic (exact) mass is 459 g/mol. The first kappa shape index (κ1) is 22.0. The van der Waals surface area contributed by atoms with E-state index < -0.39 is 35.6 Å². The first-order valence-corrected chi connectivity index (χ1v) is 9.54. The number of methoxy groups -OCH3 is 1. The van der Waals surface area contributed by atoms with Gasteiger partial charge in [-0.3, -0.25) is 14.5 Å². The average molecular weight is 459 g/mol. The Morgan fingerprint density at radius 2 is 1.79 bits per heavy atom. The summed E-state index contributed by atoms with van der Waals surface area (Å²) in [5.41, 5.74) is 0.115. The molecular formula is C23H16F3NO6. The zero-order valence-corrected chi connectivity index (χ0v) is 17.0. The number of aliphatic hydroxyl groups is 1. The molecule has 33 heavy (non-hydrogen) atoms. The Kier molecular flexibility index (Phi) is 5.59. The van der Waals surface area contributed by atoms with Gasteiger partial charge in [-0.1, -0.05) is 18.2 Å². The second kappa shape index (κ2) is 8.38. The molecule has 1 N–H and O–H groups in total. The van der Waals surface area contributed by atoms with Crippen LogP contribution in [0.3, 0.4) is 0 Å². The number of ether oxygens (including phenoxy) is 2. The van der Waals surface area contributed by atoms with Gasteiger partial charge in [0.2, 0.25) is 5.78 Å². The predicted molar refractivity (Wildman–Crippen MR) is 109 cm³/mol. The third-order valence-corrected chi connectivity index (χ3v) is 4.96. The summed E-state index contributed by atoms with van der Waals surface area (Å²) in [6, 6.07) is 12.7. The highest BCUT2D eigenvalue weighted by molar-refractivity contribution is 6.20. The maximum absolute atomic E-state index is 13.1. The third kappa shape index (κ3) is 4.27. The molecule has 3 aromatic rings. The third-order valence-electron chi connectivity index (χ3n) is 4.96. The number of halogens is 3. The molecule has 4 rings (SSSR count). The van der Waals surface area contributed by atoms with Gasteiger partial charge in [-0.2, -0.15) is 0 Å². The lowest BCUT2D eigenvalue weighted by atomic mass is 9.94. The molecule has 2 heterocycles. The summed E-state index contributed by atoms with van der Waals surface area (Å²) in [6.07, 6.45) is -3.68. The minimum absolute atomic E-state index is 0.0173. The Morgan fingerprint density at radius 3 is 2.39 bits per heavy atom. The minimum atomic E-state index is -4.94. The van der Waals surface area contributed by atoms with Crippen molar-refractivity contribution in [3.8, 4) is 11.5 Å². The molecule has 1 aliphatic heterocycles. The van der Waals surface area contributed by atoms with E-state index in [1.165, 1.54) is 37.6 Å². The van der Waals surface area contributed by atoms with Crippen LogP contribution in [-0.2, 0) is 4.79 Å². The number of Topliss-reactive ketones (excluding diaryl/α,β-unsaturated/α-hetero) is 1. The van der Waals surface area contributed by atoms with Crippen molar-refractivity contribution in [3.05, 3.63) is 89.6 Å². The van der Waals surface area contributed by atoms with E-state index in [0.717, 1.165) is 17.0 Å². The number of furan rings is 1. The Balaban J connectivity index is 1.83. The molecule has 1 aliphatic rings. The summed E-state index contributed by atoms with van der Waals surface area (Å²) in [5.74, 6) is -2.71. The lowest BCUT2D eigenvalue weighted by molar-refractivity contribution is -0.274. The second-order valence-corrected chi connectivity index (χ2v) is 6.96. The van der Waals surface area contributed by atoms with Crippen LogP contribution >= 0.6 is 0 Å². The molecule has 0 spiro atoms. The van der Waals surface area contributed by atoms with Gasteiger partial charge in [0.15, 0.2) is 11.5 Å². The van der Waals surface area contributed by atoms with Gasteiger partial charge in [0.1, 0.15) is 11.5 Å². The minimum Gasteiger partial charge on any atom is -0.503 e. The van der Waals surface area contributed by atoms with Crippen molar-refractivity contribution in [1.82, 2.24) is 0 Å². The van der Waals surface area contributed by atoms with E-state index in [-0.39, 0.29) is 17.0 Å². The molecule has 10 heteroatoms. The van der Waals surface area contributed by atoms with E-state index in [9.17, 15) is 27.9 Å². The molecule has 0 radical (unpaired) electrons. The molecule has 7 nitrogen and oxygen atoms in total. The van der Waals surface area contributed by atoms with Gasteiger partial charge in [-0.25, -0.2) is 0 Å². The molecule has 0 saturated heterocycles. The van der Waals surface area contributed by atoms with E-state index in [2.05, 4.69) is 4.74 Å². The van der Waals surface area contributed by atoms with Crippen molar-refractivity contribution in [2.75, 3.05) is 12.0 Å². The van der Waals surface area contributed by atoms with Crippen LogP contribution in [0.15, 0.2) is 82.7 Å². The largest absolute Gasteiger partial charge is 0.573 e. The van der Waals surface area contributed by atoms with Crippen LogP contribution in [0.5, 0.6) is 11.5 Å². The van der Waals surface area contributed by atoms with Gasteiger partial charge < -0.3 is 19.0 Å². The van der Waals surface area contributed by atoms with Crippen molar-refractivity contribution < 1.29 is 41.8 Å². The second-order valence-electron chi connectivity index (χ2n) is 6.96. The molecule has 1 amide bonds. The molecule has 0 aliphatic carbocycles. The zero-order chi connectivity index (χ0) is 23.8. The Labute approximate surface area is 185 Å². The number of aliphatic hydroxyl groups excluding tert-OH is 1. The lowest BCUT2D eigenvalue weighted by Crippen LogP contribution is -2.31. The van der Waals surface area contributed by atoms with Gasteiger partial charge in [0.05, 0.1) is 25.0 Å². The topological polar surface area (TPSA) is 89.2 Å². The van der Waals surface area contributed by atoms with E-state index in [0.29, 0.717) is 11.3 Å². The van der Waals surface area contributed by atoms with E-state index in [1.54, 1.807) is 24.3 Å². The molecule has 0 saturated carbocycles. The number of amides is 1. The number of alkyl halides is 3. The molecule has 0 fully saturated rings. The molecule has 1 atom stereocenters. The fourth-order valence-corrected chi connectivity index (χ4v) is 3.58. The van der Waals surface area contributed by atoms with Gasteiger partial charge in [0, 0.05) is 11.8 Å². The standard InChI is InChI=1S/C23H16F3NO6/c1-31-15-9-7-13(8-10-15)19-18(20(28)17-6-3-11-32-17)21(29)22(30)27(19)14-4-2-5-16(12-14)33-23(24,25)26/h2-12,19,29H,1H3. The van der Waals surface area contributed by atoms with Crippen molar-refractivity contribution in [3.63, 3.8) is 0 Å². The summed E-state index contributed by atoms with van der Waals surface area (Å²) in [5, 5.41) is 10.6. The number of ketones is 1. The van der Waals surface area contributed by atoms with Gasteiger partial charge in [-0.15, -0.1) is 13.2 Å². The van der Waals surface area contributed by atoms with Crippen molar-refractivity contribution in [2.45, 2.75) is 12.4 Å². The van der Waals surface area contributed by atoms with E-state index in [4.69, 9.17) is 9.15 Å². The smallest absolute Gasteiger partial charge is 0.503 e. The van der Waals surface area contributed by atoms with Crippen LogP contribution < -0.4 is 14.4 Å². The summed E-state index contributed by atoms with van der Waals surface area (Å²) in [6.45, 7) is 0.